The van der Waals surface area contributed by atoms with Gasteiger partial charge in [-0.2, -0.15) is 0 Å². The van der Waals surface area contributed by atoms with Gasteiger partial charge < -0.3 is 34.8 Å². The first-order chi connectivity index (χ1) is 21.8. The Morgan fingerprint density at radius 1 is 0.911 bits per heavy atom. The van der Waals surface area contributed by atoms with Crippen LogP contribution in [0, 0.1) is 5.92 Å². The lowest BCUT2D eigenvalue weighted by atomic mass is 10.0. The van der Waals surface area contributed by atoms with Crippen LogP contribution in [0.25, 0.3) is 0 Å². The van der Waals surface area contributed by atoms with Gasteiger partial charge in [0.25, 0.3) is 0 Å². The maximum Gasteiger partial charge on any atom is 0.396 e. The van der Waals surface area contributed by atoms with Crippen molar-refractivity contribution in [1.29, 1.82) is 0 Å². The molecule has 45 heavy (non-hydrogen) atoms. The number of anilines is 3. The highest BCUT2D eigenvalue weighted by Crippen LogP contribution is 2.39. The Bertz CT molecular complexity index is 1440. The highest BCUT2D eigenvalue weighted by atomic mass is 16.5. The number of ether oxygens (including phenoxy) is 2. The number of carbonyl (C=O) groups is 4. The van der Waals surface area contributed by atoms with E-state index in [4.69, 9.17) is 4.74 Å². The smallest absolute Gasteiger partial charge is 0.396 e. The Morgan fingerprint density at radius 2 is 1.58 bits per heavy atom. The van der Waals surface area contributed by atoms with E-state index in [1.54, 1.807) is 11.9 Å². The summed E-state index contributed by atoms with van der Waals surface area (Å²) in [5, 5.41) is 5.73. The Labute approximate surface area is 263 Å². The van der Waals surface area contributed by atoms with Gasteiger partial charge in [-0.15, -0.1) is 0 Å². The Morgan fingerprint density at radius 3 is 2.24 bits per heavy atom. The molecule has 11 nitrogen and oxygen atoms in total. The summed E-state index contributed by atoms with van der Waals surface area (Å²) in [6.07, 6.45) is 10.9. The number of urea groups is 1. The third kappa shape index (κ3) is 6.62. The number of likely N-dealkylation sites (N-methyl/N-ethyl adjacent to an activating group) is 1. The minimum absolute atomic E-state index is 0.0397. The minimum atomic E-state index is -0.947. The van der Waals surface area contributed by atoms with E-state index in [2.05, 4.69) is 20.3 Å². The van der Waals surface area contributed by atoms with Crippen LogP contribution in [0.3, 0.4) is 0 Å². The van der Waals surface area contributed by atoms with Gasteiger partial charge in [0.2, 0.25) is 5.91 Å². The number of benzene rings is 2. The molecule has 0 spiro atoms. The van der Waals surface area contributed by atoms with Crippen LogP contribution >= 0.6 is 0 Å². The second kappa shape index (κ2) is 13.2. The molecule has 2 unspecified atom stereocenters. The second-order valence-electron chi connectivity index (χ2n) is 12.4. The zero-order valence-electron chi connectivity index (χ0n) is 25.8. The van der Waals surface area contributed by atoms with E-state index >= 15 is 0 Å². The molecule has 2 saturated heterocycles. The SMILES string of the molecule is COC(=O)C(=O)N1C(C(=O)N(C)C2CCN(c3ccc(NC(=O)Nc4ccc(OC5CCCC5)cc4)cc3)C2)C[C@@H]2CC=C[C@H]21. The fourth-order valence-electron chi connectivity index (χ4n) is 7.11. The number of rotatable bonds is 7. The largest absolute Gasteiger partial charge is 0.490 e. The number of allylic oxidation sites excluding steroid dienone is 1. The topological polar surface area (TPSA) is 121 Å². The molecule has 2 aromatic carbocycles. The van der Waals surface area contributed by atoms with E-state index in [0.29, 0.717) is 24.3 Å². The number of hydrogen-bond donors (Lipinski definition) is 2. The van der Waals surface area contributed by atoms with Crippen molar-refractivity contribution in [2.75, 3.05) is 42.8 Å². The summed E-state index contributed by atoms with van der Waals surface area (Å²) in [5.41, 5.74) is 2.33. The fourth-order valence-corrected chi connectivity index (χ4v) is 7.11. The van der Waals surface area contributed by atoms with Crippen LogP contribution < -0.4 is 20.3 Å². The molecular weight excluding hydrogens is 574 g/mol. The summed E-state index contributed by atoms with van der Waals surface area (Å²) in [5.74, 6) is -0.907. The van der Waals surface area contributed by atoms with Crippen molar-refractivity contribution in [3.8, 4) is 5.75 Å². The van der Waals surface area contributed by atoms with Crippen LogP contribution in [0.1, 0.15) is 44.9 Å². The standard InChI is InChI=1S/C34H41N5O6/c1-37(31(40)30-20-22-6-5-9-29(22)39(30)32(41)33(42)44-2)26-18-19-38(21-26)25-14-10-23(11-15-25)35-34(43)36-24-12-16-28(17-13-24)45-27-7-3-4-8-27/h5,9-17,22,26-27,29-30H,3-4,6-8,18-21H2,1-2H3,(H2,35,36,43)/t22-,26?,29+,30?/m0/s1. The molecule has 0 aromatic heterocycles. The number of esters is 1. The van der Waals surface area contributed by atoms with Crippen molar-refractivity contribution in [3.63, 3.8) is 0 Å². The van der Waals surface area contributed by atoms with Gasteiger partial charge in [-0.25, -0.2) is 9.59 Å². The van der Waals surface area contributed by atoms with Crippen LogP contribution in [0.15, 0.2) is 60.7 Å². The van der Waals surface area contributed by atoms with Crippen LogP contribution in [0.5, 0.6) is 5.75 Å². The Hall–Kier alpha value is -4.54. The van der Waals surface area contributed by atoms with Gasteiger partial charge in [0, 0.05) is 37.2 Å². The maximum absolute atomic E-state index is 13.7. The number of nitrogens with zero attached hydrogens (tertiary/aromatic N) is 3. The highest BCUT2D eigenvalue weighted by molar-refractivity contribution is 6.33. The van der Waals surface area contributed by atoms with Gasteiger partial charge >= 0.3 is 17.9 Å². The molecule has 0 radical (unpaired) electrons. The number of amides is 4. The van der Waals surface area contributed by atoms with Crippen molar-refractivity contribution in [2.24, 2.45) is 5.92 Å². The second-order valence-corrected chi connectivity index (χ2v) is 12.4. The quantitative estimate of drug-likeness (QED) is 0.269. The molecule has 4 amide bonds. The number of hydrogen-bond acceptors (Lipinski definition) is 7. The normalized spacial score (nSPS) is 24.0. The van der Waals surface area contributed by atoms with Crippen LogP contribution in [-0.2, 0) is 19.1 Å². The van der Waals surface area contributed by atoms with E-state index in [1.165, 1.54) is 24.9 Å². The van der Waals surface area contributed by atoms with Crippen molar-refractivity contribution in [1.82, 2.24) is 9.80 Å². The molecule has 2 heterocycles. The third-order valence-corrected chi connectivity index (χ3v) is 9.58. The van der Waals surface area contributed by atoms with E-state index in [9.17, 15) is 19.2 Å². The lowest BCUT2D eigenvalue weighted by molar-refractivity contribution is -0.161. The molecule has 238 valence electrons. The molecule has 11 heteroatoms. The zero-order chi connectivity index (χ0) is 31.5. The van der Waals surface area contributed by atoms with Crippen LogP contribution in [-0.4, -0.2) is 85.1 Å². The van der Waals surface area contributed by atoms with Crippen molar-refractivity contribution < 1.29 is 28.7 Å². The minimum Gasteiger partial charge on any atom is -0.490 e. The average molecular weight is 616 g/mol. The summed E-state index contributed by atoms with van der Waals surface area (Å²) in [6.45, 7) is 1.40. The van der Waals surface area contributed by atoms with Crippen LogP contribution in [0.2, 0.25) is 0 Å². The van der Waals surface area contributed by atoms with E-state index in [0.717, 1.165) is 43.7 Å². The number of likely N-dealkylation sites (tertiary alicyclic amines) is 1. The van der Waals surface area contributed by atoms with Gasteiger partial charge in [0.05, 0.1) is 25.3 Å². The van der Waals surface area contributed by atoms with Gasteiger partial charge in [-0.3, -0.25) is 9.59 Å². The summed E-state index contributed by atoms with van der Waals surface area (Å²) >= 11 is 0. The predicted molar refractivity (Wildman–Crippen MR) is 170 cm³/mol. The first-order valence-corrected chi connectivity index (χ1v) is 15.8. The Kier molecular flexibility index (Phi) is 8.95. The summed E-state index contributed by atoms with van der Waals surface area (Å²) in [4.78, 5) is 56.6. The molecule has 2 aliphatic carbocycles. The number of fused-ring (bicyclic) bond motifs is 1. The average Bonchev–Trinajstić information content (AvgIpc) is 3.86. The maximum atomic E-state index is 13.7. The molecule has 2 N–H and O–H groups in total. The van der Waals surface area contributed by atoms with E-state index < -0.39 is 17.9 Å². The number of nitrogens with one attached hydrogen (secondary N) is 2. The molecule has 2 aromatic rings. The summed E-state index contributed by atoms with van der Waals surface area (Å²) in [6, 6.07) is 13.7. The lowest BCUT2D eigenvalue weighted by Crippen LogP contribution is -2.53. The number of methoxy groups -OCH3 is 1. The van der Waals surface area contributed by atoms with Gasteiger partial charge in [-0.05, 0) is 99.4 Å². The van der Waals surface area contributed by atoms with Crippen molar-refractivity contribution in [3.05, 3.63) is 60.7 Å². The molecule has 3 fully saturated rings. The molecule has 6 rings (SSSR count). The molecular formula is C34H41N5O6. The molecule has 4 aliphatic rings. The lowest BCUT2D eigenvalue weighted by Gasteiger charge is -2.32. The Balaban J connectivity index is 1.00. The molecule has 1 saturated carbocycles. The highest BCUT2D eigenvalue weighted by Gasteiger charge is 2.50. The van der Waals surface area contributed by atoms with Gasteiger partial charge in [-0.1, -0.05) is 12.2 Å². The monoisotopic (exact) mass is 615 g/mol. The third-order valence-electron chi connectivity index (χ3n) is 9.58. The summed E-state index contributed by atoms with van der Waals surface area (Å²) < 4.78 is 10.7. The first-order valence-electron chi connectivity index (χ1n) is 15.8. The van der Waals surface area contributed by atoms with Gasteiger partial charge in [0.1, 0.15) is 11.8 Å². The van der Waals surface area contributed by atoms with Crippen LogP contribution in [0.4, 0.5) is 21.9 Å². The fraction of sp³-hybridized carbons (Fsp3) is 0.471. The van der Waals surface area contributed by atoms with E-state index in [1.807, 2.05) is 60.7 Å². The first kappa shape index (κ1) is 30.5. The summed E-state index contributed by atoms with van der Waals surface area (Å²) in [7, 11) is 2.96. The van der Waals surface area contributed by atoms with Crippen molar-refractivity contribution in [2.45, 2.75) is 69.2 Å². The van der Waals surface area contributed by atoms with E-state index in [-0.39, 0.29) is 36.0 Å². The molecule has 2 aliphatic heterocycles. The zero-order valence-corrected chi connectivity index (χ0v) is 25.8. The number of carbonyl (C=O) groups excluding carboxylic acids is 4. The van der Waals surface area contributed by atoms with Crippen molar-refractivity contribution >= 4 is 40.9 Å². The molecule has 0 bridgehead atoms. The molecule has 4 atom stereocenters. The van der Waals surface area contributed by atoms with Gasteiger partial charge in [0.15, 0.2) is 0 Å². The predicted octanol–water partition coefficient (Wildman–Crippen LogP) is 4.41.